The average Bonchev–Trinajstić information content (AvgIpc) is 0.848. The lowest BCUT2D eigenvalue weighted by Crippen LogP contribution is -2.20. The highest BCUT2D eigenvalue weighted by Gasteiger charge is 2.22. The summed E-state index contributed by atoms with van der Waals surface area (Å²) in [7, 11) is -22.9. The zero-order valence-corrected chi connectivity index (χ0v) is 84.5. The first-order valence-corrected chi connectivity index (χ1v) is 56.4. The van der Waals surface area contributed by atoms with E-state index < -0.39 is 97.6 Å². The van der Waals surface area contributed by atoms with Gasteiger partial charge in [0.2, 0.25) is 0 Å². The van der Waals surface area contributed by atoms with Crippen molar-refractivity contribution in [2.45, 2.75) is 0 Å². The summed E-state index contributed by atoms with van der Waals surface area (Å²) in [6.45, 7) is 0. The zero-order chi connectivity index (χ0) is 99.0. The van der Waals surface area contributed by atoms with Gasteiger partial charge < -0.3 is 0 Å². The monoisotopic (exact) mass is 2070 g/mol. The fraction of sp³-hybridized carbons (Fsp3) is 0. The van der Waals surface area contributed by atoms with Gasteiger partial charge in [0, 0.05) is 27.4 Å². The first-order valence-electron chi connectivity index (χ1n) is 41.7. The number of hydrogen-bond donors (Lipinski definition) is 6. The Morgan fingerprint density at radius 3 is 0.181 bits per heavy atom. The summed E-state index contributed by atoms with van der Waals surface area (Å²) in [5, 5.41) is 25.2. The first-order chi connectivity index (χ1) is 67.1. The van der Waals surface area contributed by atoms with Crippen molar-refractivity contribution in [3.63, 3.8) is 0 Å². The van der Waals surface area contributed by atoms with Crippen molar-refractivity contribution in [3.05, 3.63) is 546 Å². The topological polar surface area (TPSA) is 224 Å². The van der Waals surface area contributed by atoms with Crippen molar-refractivity contribution in [1.29, 1.82) is 0 Å². The predicted molar refractivity (Wildman–Crippen MR) is 576 cm³/mol. The van der Waals surface area contributed by atoms with E-state index in [2.05, 4.69) is 546 Å². The summed E-state index contributed by atoms with van der Waals surface area (Å²) in [5.41, 5.74) is 0. The van der Waals surface area contributed by atoms with Crippen LogP contribution in [0.4, 0.5) is 25.2 Å². The highest BCUT2D eigenvalue weighted by atomic mass is 31.2. The highest BCUT2D eigenvalue weighted by Crippen LogP contribution is 2.38. The largest absolute Gasteiger partial charge is 0.743 e. The van der Waals surface area contributed by atoms with Crippen LogP contribution in [0.1, 0.15) is 0 Å². The molecule has 0 saturated carbocycles. The van der Waals surface area contributed by atoms with Crippen LogP contribution in [-0.4, -0.2) is 29.4 Å². The molecule has 6 N–H and O–H groups in total. The molecule has 0 aliphatic carbocycles. The number of benzene rings is 18. The number of halogens is 6. The zero-order valence-electron chi connectivity index (χ0n) is 73.7. The summed E-state index contributed by atoms with van der Waals surface area (Å²) in [5.74, 6) is 0. The van der Waals surface area contributed by atoms with E-state index >= 15 is 0 Å². The standard InChI is InChI=1S/6C18H15P.6FO2P/c6*1-4-10-16(11-5-1)19(17-12-6-2-7-13-17)18-14-8-3-9-15-18;6*1-4(2)3/h6*1-15H;;;;;;/p+6. The van der Waals surface area contributed by atoms with Crippen LogP contribution in [0.3, 0.4) is 0 Å². The Kier molecular flexibility index (Phi) is 56.3. The summed E-state index contributed by atoms with van der Waals surface area (Å²) in [4.78, 5) is 41.4. The maximum Gasteiger partial charge on any atom is 0.743 e. The molecule has 0 spiro atoms. The number of rotatable bonds is 18. The molecule has 0 heterocycles. The minimum absolute atomic E-state index is 0.446. The molecule has 0 radical (unpaired) electrons. The molecule has 6 unspecified atom stereocenters. The fourth-order valence-corrected chi connectivity index (χ4v) is 26.9. The van der Waals surface area contributed by atoms with Crippen molar-refractivity contribution in [1.82, 2.24) is 0 Å². The van der Waals surface area contributed by atoms with Gasteiger partial charge in [0.1, 0.15) is 0 Å². The average molecular weight is 2070 g/mol. The Labute approximate surface area is 815 Å². The van der Waals surface area contributed by atoms with Crippen LogP contribution in [0.2, 0.25) is 0 Å². The fourth-order valence-electron chi connectivity index (χ4n) is 13.1. The van der Waals surface area contributed by atoms with E-state index in [1.165, 1.54) is 95.5 Å². The van der Waals surface area contributed by atoms with Crippen LogP contribution in [0.25, 0.3) is 0 Å². The van der Waals surface area contributed by atoms with E-state index in [-0.39, 0.29) is 0 Å². The van der Waals surface area contributed by atoms with Crippen LogP contribution in [0, 0.1) is 0 Å². The molecule has 30 heteroatoms. The van der Waals surface area contributed by atoms with E-state index in [0.717, 1.165) is 0 Å². The molecule has 696 valence electrons. The van der Waals surface area contributed by atoms with E-state index in [0.29, 0.717) is 0 Å². The lowest BCUT2D eigenvalue weighted by Gasteiger charge is -2.18. The molecule has 0 saturated heterocycles. The number of hydrogen-bond acceptors (Lipinski definition) is 6. The van der Waals surface area contributed by atoms with Gasteiger partial charge in [0.05, 0.1) is 25.2 Å². The molecule has 0 fully saturated rings. The lowest BCUT2D eigenvalue weighted by atomic mass is 10.4. The maximum absolute atomic E-state index is 10.1. The molecular formula is C108H96F6O12P12+6. The predicted octanol–water partition coefficient (Wildman–Crippen LogP) is 24.3. The Hall–Kier alpha value is -11.5. The minimum Gasteiger partial charge on any atom is -0.130 e. The van der Waals surface area contributed by atoms with Crippen LogP contribution in [0.15, 0.2) is 546 Å². The van der Waals surface area contributed by atoms with Gasteiger partial charge in [0.15, 0.2) is 0 Å². The SMILES string of the molecule is O=[P+](O)F.O=[P+](O)F.O=[P+](O)F.O=[P+](O)F.O=[P+](O)F.O=[P+](O)F.c1ccc(P(c2ccccc2)c2ccccc2)cc1.c1ccc(P(c2ccccc2)c2ccccc2)cc1.c1ccc(P(c2ccccc2)c2ccccc2)cc1.c1ccc(P(c2ccccc2)c2ccccc2)cc1.c1ccc(P(c2ccccc2)c2ccccc2)cc1.c1ccc(P(c2ccccc2)c2ccccc2)cc1. The second-order valence-electron chi connectivity index (χ2n) is 27.4. The van der Waals surface area contributed by atoms with Gasteiger partial charge in [-0.05, 0) is 143 Å². The first kappa shape index (κ1) is 113. The molecule has 0 amide bonds. The van der Waals surface area contributed by atoms with Crippen molar-refractivity contribution in [3.8, 4) is 0 Å². The molecule has 0 aliphatic rings. The molecule has 18 aromatic rings. The van der Waals surface area contributed by atoms with E-state index in [1.807, 2.05) is 0 Å². The molecular weight excluding hydrogens is 1970 g/mol. The Balaban J connectivity index is 0.000000215. The Morgan fingerprint density at radius 1 is 0.109 bits per heavy atom. The van der Waals surface area contributed by atoms with Gasteiger partial charge in [-0.15, -0.1) is 29.4 Å². The Bertz CT molecular complexity index is 4760. The molecule has 6 atom stereocenters. The Morgan fingerprint density at radius 2 is 0.145 bits per heavy atom. The van der Waals surface area contributed by atoms with E-state index in [4.69, 9.17) is 56.8 Å². The van der Waals surface area contributed by atoms with Crippen molar-refractivity contribution >= 4 is 193 Å². The summed E-state index contributed by atoms with van der Waals surface area (Å²) in [6, 6.07) is 194. The summed E-state index contributed by atoms with van der Waals surface area (Å²) < 4.78 is 111. The molecule has 0 aliphatic heterocycles. The van der Waals surface area contributed by atoms with Gasteiger partial charge in [-0.25, -0.2) is 0 Å². The van der Waals surface area contributed by atoms with Gasteiger partial charge in [0.25, 0.3) is 0 Å². The molecule has 12 nitrogen and oxygen atoms in total. The maximum atomic E-state index is 10.1. The van der Waals surface area contributed by atoms with Crippen molar-refractivity contribution in [2.24, 2.45) is 0 Å². The quantitative estimate of drug-likeness (QED) is 0.0349. The molecule has 138 heavy (non-hydrogen) atoms. The molecule has 18 aromatic carbocycles. The highest BCUT2D eigenvalue weighted by molar-refractivity contribution is 7.82. The summed E-state index contributed by atoms with van der Waals surface area (Å²) in [6.07, 6.45) is 0. The third-order valence-corrected chi connectivity index (χ3v) is 32.9. The smallest absolute Gasteiger partial charge is 0.130 e. The second kappa shape index (κ2) is 68.5. The van der Waals surface area contributed by atoms with Gasteiger partial charge in [-0.3, -0.25) is 0 Å². The molecule has 18 rings (SSSR count). The lowest BCUT2D eigenvalue weighted by molar-refractivity contribution is 0.458. The van der Waals surface area contributed by atoms with Gasteiger partial charge in [-0.1, -0.05) is 546 Å². The third-order valence-electron chi connectivity index (χ3n) is 18.3. The van der Waals surface area contributed by atoms with E-state index in [9.17, 15) is 25.2 Å². The van der Waals surface area contributed by atoms with Crippen LogP contribution >= 0.6 is 97.6 Å². The second-order valence-corrected chi connectivity index (χ2v) is 43.4. The van der Waals surface area contributed by atoms with Gasteiger partial charge in [-0.2, -0.15) is 0 Å². The third kappa shape index (κ3) is 45.4. The molecule has 0 aromatic heterocycles. The van der Waals surface area contributed by atoms with Crippen LogP contribution in [-0.2, 0) is 27.4 Å². The van der Waals surface area contributed by atoms with Gasteiger partial charge >= 0.3 is 50.0 Å². The van der Waals surface area contributed by atoms with Crippen LogP contribution in [0.5, 0.6) is 0 Å². The van der Waals surface area contributed by atoms with Crippen molar-refractivity contribution < 1.29 is 81.9 Å². The van der Waals surface area contributed by atoms with Crippen molar-refractivity contribution in [2.75, 3.05) is 0 Å². The minimum atomic E-state index is -3.37. The summed E-state index contributed by atoms with van der Waals surface area (Å²) >= 11 is 0. The molecule has 0 bridgehead atoms. The van der Waals surface area contributed by atoms with E-state index in [1.54, 1.807) is 0 Å². The van der Waals surface area contributed by atoms with Crippen LogP contribution < -0.4 is 95.5 Å². The normalized spacial score (nSPS) is 10.7.